The number of nitrogen functional groups attached to an aromatic ring is 1. The highest BCUT2D eigenvalue weighted by Crippen LogP contribution is 2.25. The molecule has 0 saturated heterocycles. The topological polar surface area (TPSA) is 80.9 Å². The molecule has 1 amide bonds. The number of nitrogens with zero attached hydrogens (tertiary/aromatic N) is 2. The van der Waals surface area contributed by atoms with Crippen molar-refractivity contribution in [3.8, 4) is 0 Å². The Labute approximate surface area is 94.5 Å². The van der Waals surface area contributed by atoms with Crippen molar-refractivity contribution in [1.29, 1.82) is 0 Å². The summed E-state index contributed by atoms with van der Waals surface area (Å²) in [6.45, 7) is 2.15. The van der Waals surface area contributed by atoms with Crippen LogP contribution in [-0.2, 0) is 0 Å². The number of carbonyl (C=O) groups excluding carboxylic acids is 1. The SMILES string of the molecule is C[C@H]1CCC[C@@H]1NC(=O)c1nccnc1N. The van der Waals surface area contributed by atoms with Gasteiger partial charge >= 0.3 is 0 Å². The highest BCUT2D eigenvalue weighted by Gasteiger charge is 2.26. The Morgan fingerprint density at radius 3 is 2.81 bits per heavy atom. The molecule has 0 spiro atoms. The summed E-state index contributed by atoms with van der Waals surface area (Å²) in [7, 11) is 0. The molecule has 1 heterocycles. The highest BCUT2D eigenvalue weighted by atomic mass is 16.2. The molecule has 16 heavy (non-hydrogen) atoms. The lowest BCUT2D eigenvalue weighted by Gasteiger charge is -2.17. The maximum absolute atomic E-state index is 11.9. The van der Waals surface area contributed by atoms with Crippen molar-refractivity contribution in [2.24, 2.45) is 5.92 Å². The van der Waals surface area contributed by atoms with Gasteiger partial charge in [-0.25, -0.2) is 9.97 Å². The van der Waals surface area contributed by atoms with E-state index in [1.54, 1.807) is 0 Å². The molecule has 1 fully saturated rings. The van der Waals surface area contributed by atoms with Gasteiger partial charge in [0.2, 0.25) is 0 Å². The molecule has 86 valence electrons. The molecular formula is C11H16N4O. The molecule has 3 N–H and O–H groups in total. The maximum Gasteiger partial charge on any atom is 0.273 e. The number of hydrogen-bond acceptors (Lipinski definition) is 4. The van der Waals surface area contributed by atoms with Gasteiger partial charge in [-0.15, -0.1) is 0 Å². The molecule has 0 aliphatic heterocycles. The second kappa shape index (κ2) is 4.47. The number of carbonyl (C=O) groups is 1. The Kier molecular flexibility index (Phi) is 3.03. The molecule has 1 aromatic heterocycles. The van der Waals surface area contributed by atoms with E-state index in [9.17, 15) is 4.79 Å². The summed E-state index contributed by atoms with van der Waals surface area (Å²) in [6, 6.07) is 0.244. The molecule has 1 aliphatic carbocycles. The lowest BCUT2D eigenvalue weighted by Crippen LogP contribution is -2.37. The smallest absolute Gasteiger partial charge is 0.273 e. The van der Waals surface area contributed by atoms with Crippen LogP contribution in [0.2, 0.25) is 0 Å². The van der Waals surface area contributed by atoms with Crippen LogP contribution >= 0.6 is 0 Å². The lowest BCUT2D eigenvalue weighted by molar-refractivity contribution is 0.0925. The Morgan fingerprint density at radius 2 is 2.19 bits per heavy atom. The number of hydrogen-bond donors (Lipinski definition) is 2. The molecule has 2 atom stereocenters. The van der Waals surface area contributed by atoms with Gasteiger partial charge in [-0.2, -0.15) is 0 Å². The zero-order valence-corrected chi connectivity index (χ0v) is 9.31. The normalized spacial score (nSPS) is 24.3. The van der Waals surface area contributed by atoms with Crippen molar-refractivity contribution in [3.63, 3.8) is 0 Å². The van der Waals surface area contributed by atoms with Crippen molar-refractivity contribution in [3.05, 3.63) is 18.1 Å². The van der Waals surface area contributed by atoms with Crippen LogP contribution in [0.4, 0.5) is 5.82 Å². The molecule has 0 unspecified atom stereocenters. The monoisotopic (exact) mass is 220 g/mol. The van der Waals surface area contributed by atoms with Gasteiger partial charge in [0.1, 0.15) is 0 Å². The van der Waals surface area contributed by atoms with Crippen molar-refractivity contribution < 1.29 is 4.79 Å². The molecule has 1 saturated carbocycles. The summed E-state index contributed by atoms with van der Waals surface area (Å²) < 4.78 is 0. The van der Waals surface area contributed by atoms with E-state index in [1.165, 1.54) is 25.2 Å². The minimum absolute atomic E-state index is 0.186. The van der Waals surface area contributed by atoms with Crippen LogP contribution in [0.1, 0.15) is 36.7 Å². The molecule has 5 heteroatoms. The average Bonchev–Trinajstić information content (AvgIpc) is 2.65. The zero-order valence-electron chi connectivity index (χ0n) is 9.31. The van der Waals surface area contributed by atoms with E-state index in [0.29, 0.717) is 5.92 Å². The first-order valence-corrected chi connectivity index (χ1v) is 5.56. The van der Waals surface area contributed by atoms with Crippen molar-refractivity contribution >= 4 is 11.7 Å². The van der Waals surface area contributed by atoms with Crippen LogP contribution in [0.3, 0.4) is 0 Å². The summed E-state index contributed by atoms with van der Waals surface area (Å²) in [5.74, 6) is 0.497. The van der Waals surface area contributed by atoms with Crippen molar-refractivity contribution in [1.82, 2.24) is 15.3 Å². The first kappa shape index (κ1) is 10.9. The van der Waals surface area contributed by atoms with Gasteiger partial charge < -0.3 is 11.1 Å². The largest absolute Gasteiger partial charge is 0.382 e. The van der Waals surface area contributed by atoms with Crippen LogP contribution in [-0.4, -0.2) is 21.9 Å². The molecule has 0 bridgehead atoms. The minimum Gasteiger partial charge on any atom is -0.382 e. The standard InChI is InChI=1S/C11H16N4O/c1-7-3-2-4-8(7)15-11(16)9-10(12)14-6-5-13-9/h5-8H,2-4H2,1H3,(H2,12,14)(H,15,16)/t7-,8-/m0/s1. The van der Waals surface area contributed by atoms with E-state index in [2.05, 4.69) is 22.2 Å². The van der Waals surface area contributed by atoms with Crippen LogP contribution in [0, 0.1) is 5.92 Å². The van der Waals surface area contributed by atoms with Gasteiger partial charge in [0, 0.05) is 18.4 Å². The van der Waals surface area contributed by atoms with Crippen LogP contribution in [0.15, 0.2) is 12.4 Å². The molecule has 0 radical (unpaired) electrons. The van der Waals surface area contributed by atoms with Crippen molar-refractivity contribution in [2.75, 3.05) is 5.73 Å². The van der Waals surface area contributed by atoms with E-state index in [0.717, 1.165) is 6.42 Å². The number of nitrogens with one attached hydrogen (secondary N) is 1. The maximum atomic E-state index is 11.9. The summed E-state index contributed by atoms with van der Waals surface area (Å²) in [4.78, 5) is 19.7. The number of nitrogens with two attached hydrogens (primary N) is 1. The molecule has 1 aromatic rings. The Balaban J connectivity index is 2.06. The first-order chi connectivity index (χ1) is 7.68. The summed E-state index contributed by atoms with van der Waals surface area (Å²) in [6.07, 6.45) is 6.32. The number of amides is 1. The predicted octanol–water partition coefficient (Wildman–Crippen LogP) is 0.977. The van der Waals surface area contributed by atoms with E-state index in [4.69, 9.17) is 5.73 Å². The fourth-order valence-electron chi connectivity index (χ4n) is 2.12. The van der Waals surface area contributed by atoms with E-state index < -0.39 is 0 Å². The van der Waals surface area contributed by atoms with Gasteiger partial charge in [0.25, 0.3) is 5.91 Å². The number of anilines is 1. The minimum atomic E-state index is -0.218. The van der Waals surface area contributed by atoms with Gasteiger partial charge in [-0.05, 0) is 18.8 Å². The zero-order chi connectivity index (χ0) is 11.5. The van der Waals surface area contributed by atoms with Gasteiger partial charge in [-0.3, -0.25) is 4.79 Å². The average molecular weight is 220 g/mol. The second-order valence-corrected chi connectivity index (χ2v) is 4.28. The third kappa shape index (κ3) is 2.13. The third-order valence-corrected chi connectivity index (χ3v) is 3.12. The van der Waals surface area contributed by atoms with Gasteiger partial charge in [-0.1, -0.05) is 13.3 Å². The summed E-state index contributed by atoms with van der Waals surface area (Å²) in [5.41, 5.74) is 5.82. The number of rotatable bonds is 2. The van der Waals surface area contributed by atoms with E-state index in [-0.39, 0.29) is 23.5 Å². The first-order valence-electron chi connectivity index (χ1n) is 5.56. The predicted molar refractivity (Wildman–Crippen MR) is 60.7 cm³/mol. The highest BCUT2D eigenvalue weighted by molar-refractivity contribution is 5.96. The molecule has 5 nitrogen and oxygen atoms in total. The molecule has 1 aliphatic rings. The second-order valence-electron chi connectivity index (χ2n) is 4.28. The lowest BCUT2D eigenvalue weighted by atomic mass is 10.1. The van der Waals surface area contributed by atoms with Gasteiger partial charge in [0.15, 0.2) is 11.5 Å². The van der Waals surface area contributed by atoms with E-state index in [1.807, 2.05) is 0 Å². The summed E-state index contributed by atoms with van der Waals surface area (Å²) >= 11 is 0. The number of aromatic nitrogens is 2. The van der Waals surface area contributed by atoms with Crippen LogP contribution < -0.4 is 11.1 Å². The molecular weight excluding hydrogens is 204 g/mol. The molecule has 0 aromatic carbocycles. The molecule has 2 rings (SSSR count). The van der Waals surface area contributed by atoms with Crippen LogP contribution in [0.25, 0.3) is 0 Å². The Morgan fingerprint density at radius 1 is 1.44 bits per heavy atom. The fraction of sp³-hybridized carbons (Fsp3) is 0.545. The van der Waals surface area contributed by atoms with Crippen molar-refractivity contribution in [2.45, 2.75) is 32.2 Å². The third-order valence-electron chi connectivity index (χ3n) is 3.12. The van der Waals surface area contributed by atoms with E-state index >= 15 is 0 Å². The summed E-state index contributed by atoms with van der Waals surface area (Å²) in [5, 5.41) is 2.96. The van der Waals surface area contributed by atoms with Crippen LogP contribution in [0.5, 0.6) is 0 Å². The Bertz CT molecular complexity index is 393. The van der Waals surface area contributed by atoms with Gasteiger partial charge in [0.05, 0.1) is 0 Å². The Hall–Kier alpha value is -1.65. The quantitative estimate of drug-likeness (QED) is 0.778. The fourth-order valence-corrected chi connectivity index (χ4v) is 2.12.